The molecule has 0 saturated carbocycles. The SMILES string of the molecule is Cc1c(NC(=O)COc2ccc(Cl)cc2)cccc1[N+](=O)[O-]. The summed E-state index contributed by atoms with van der Waals surface area (Å²) in [6, 6.07) is 11.1. The quantitative estimate of drug-likeness (QED) is 0.674. The van der Waals surface area contributed by atoms with Gasteiger partial charge >= 0.3 is 0 Å². The van der Waals surface area contributed by atoms with Crippen LogP contribution in [0, 0.1) is 17.0 Å². The number of carbonyl (C=O) groups is 1. The summed E-state index contributed by atoms with van der Waals surface area (Å²) in [5, 5.41) is 14.0. The van der Waals surface area contributed by atoms with Crippen LogP contribution in [-0.2, 0) is 4.79 Å². The molecule has 0 spiro atoms. The summed E-state index contributed by atoms with van der Waals surface area (Å²) >= 11 is 5.75. The predicted octanol–water partition coefficient (Wildman–Crippen LogP) is 3.57. The molecule has 1 amide bonds. The first-order valence-electron chi connectivity index (χ1n) is 6.39. The number of nitro groups is 1. The third-order valence-electron chi connectivity index (χ3n) is 2.96. The summed E-state index contributed by atoms with van der Waals surface area (Å²) in [5.41, 5.74) is 0.739. The molecular weight excluding hydrogens is 308 g/mol. The third kappa shape index (κ3) is 3.95. The fourth-order valence-electron chi connectivity index (χ4n) is 1.82. The van der Waals surface area contributed by atoms with Gasteiger partial charge in [-0.05, 0) is 37.3 Å². The molecule has 7 heteroatoms. The van der Waals surface area contributed by atoms with Gasteiger partial charge in [0.25, 0.3) is 11.6 Å². The maximum Gasteiger partial charge on any atom is 0.274 e. The van der Waals surface area contributed by atoms with Crippen molar-refractivity contribution < 1.29 is 14.5 Å². The lowest BCUT2D eigenvalue weighted by Gasteiger charge is -2.09. The second-order valence-electron chi connectivity index (χ2n) is 4.50. The van der Waals surface area contributed by atoms with Crippen LogP contribution in [0.2, 0.25) is 5.02 Å². The first-order chi connectivity index (χ1) is 10.5. The van der Waals surface area contributed by atoms with Gasteiger partial charge in [-0.15, -0.1) is 0 Å². The second kappa shape index (κ2) is 6.91. The van der Waals surface area contributed by atoms with Gasteiger partial charge in [0, 0.05) is 11.1 Å². The molecule has 0 aliphatic carbocycles. The van der Waals surface area contributed by atoms with Gasteiger partial charge in [-0.25, -0.2) is 0 Å². The van der Waals surface area contributed by atoms with Crippen molar-refractivity contribution in [3.63, 3.8) is 0 Å². The number of hydrogen-bond acceptors (Lipinski definition) is 4. The van der Waals surface area contributed by atoms with Crippen LogP contribution in [0.4, 0.5) is 11.4 Å². The van der Waals surface area contributed by atoms with Gasteiger partial charge < -0.3 is 10.1 Å². The summed E-state index contributed by atoms with van der Waals surface area (Å²) in [6.45, 7) is 1.37. The molecular formula is C15H13ClN2O4. The number of anilines is 1. The number of hydrogen-bond donors (Lipinski definition) is 1. The van der Waals surface area contributed by atoms with Crippen molar-refractivity contribution in [3.05, 3.63) is 63.2 Å². The van der Waals surface area contributed by atoms with Crippen molar-refractivity contribution >= 4 is 28.9 Å². The van der Waals surface area contributed by atoms with Gasteiger partial charge in [0.15, 0.2) is 6.61 Å². The molecule has 0 aliphatic heterocycles. The standard InChI is InChI=1S/C15H13ClN2O4/c1-10-13(3-2-4-14(10)18(20)21)17-15(19)9-22-12-7-5-11(16)6-8-12/h2-8H,9H2,1H3,(H,17,19). The minimum absolute atomic E-state index is 0.0450. The molecule has 6 nitrogen and oxygen atoms in total. The Balaban J connectivity index is 1.99. The van der Waals surface area contributed by atoms with Gasteiger partial charge in [-0.1, -0.05) is 17.7 Å². The zero-order valence-electron chi connectivity index (χ0n) is 11.7. The Morgan fingerprint density at radius 1 is 1.27 bits per heavy atom. The molecule has 22 heavy (non-hydrogen) atoms. The van der Waals surface area contributed by atoms with Crippen molar-refractivity contribution in [3.8, 4) is 5.75 Å². The van der Waals surface area contributed by atoms with Crippen LogP contribution >= 0.6 is 11.6 Å². The molecule has 114 valence electrons. The molecule has 0 atom stereocenters. The number of halogens is 1. The van der Waals surface area contributed by atoms with Crippen LogP contribution in [0.15, 0.2) is 42.5 Å². The van der Waals surface area contributed by atoms with Crippen molar-refractivity contribution in [2.75, 3.05) is 11.9 Å². The number of nitrogens with one attached hydrogen (secondary N) is 1. The minimum Gasteiger partial charge on any atom is -0.484 e. The topological polar surface area (TPSA) is 81.5 Å². The third-order valence-corrected chi connectivity index (χ3v) is 3.21. The Morgan fingerprint density at radius 3 is 2.59 bits per heavy atom. The number of amides is 1. The summed E-state index contributed by atoms with van der Waals surface area (Å²) in [4.78, 5) is 22.2. The summed E-state index contributed by atoms with van der Waals surface area (Å²) in [7, 11) is 0. The van der Waals surface area contributed by atoms with E-state index in [1.165, 1.54) is 12.1 Å². The van der Waals surface area contributed by atoms with Gasteiger partial charge in [0.05, 0.1) is 16.2 Å². The van der Waals surface area contributed by atoms with Crippen LogP contribution in [0.25, 0.3) is 0 Å². The molecule has 0 aromatic heterocycles. The number of rotatable bonds is 5. The van der Waals surface area contributed by atoms with Gasteiger partial charge in [0.2, 0.25) is 0 Å². The smallest absolute Gasteiger partial charge is 0.274 e. The zero-order valence-corrected chi connectivity index (χ0v) is 12.5. The zero-order chi connectivity index (χ0) is 16.1. The van der Waals surface area contributed by atoms with Gasteiger partial charge in [-0.3, -0.25) is 14.9 Å². The number of nitro benzene ring substituents is 1. The molecule has 0 bridgehead atoms. The lowest BCUT2D eigenvalue weighted by molar-refractivity contribution is -0.385. The van der Waals surface area contributed by atoms with Crippen molar-refractivity contribution in [2.45, 2.75) is 6.92 Å². The highest BCUT2D eigenvalue weighted by atomic mass is 35.5. The van der Waals surface area contributed by atoms with Crippen molar-refractivity contribution in [2.24, 2.45) is 0 Å². The van der Waals surface area contributed by atoms with E-state index in [2.05, 4.69) is 5.32 Å². The molecule has 0 radical (unpaired) electrons. The molecule has 2 aromatic carbocycles. The highest BCUT2D eigenvalue weighted by molar-refractivity contribution is 6.30. The van der Waals surface area contributed by atoms with E-state index in [4.69, 9.17) is 16.3 Å². The van der Waals surface area contributed by atoms with E-state index in [1.54, 1.807) is 37.3 Å². The molecule has 0 unspecified atom stereocenters. The summed E-state index contributed by atoms with van der Waals surface area (Å²) < 4.78 is 5.31. The van der Waals surface area contributed by atoms with Crippen molar-refractivity contribution in [1.29, 1.82) is 0 Å². The largest absolute Gasteiger partial charge is 0.484 e. The highest BCUT2D eigenvalue weighted by Crippen LogP contribution is 2.25. The fourth-order valence-corrected chi connectivity index (χ4v) is 1.95. The average Bonchev–Trinajstić information content (AvgIpc) is 2.48. The molecule has 0 saturated heterocycles. The fraction of sp³-hybridized carbons (Fsp3) is 0.133. The highest BCUT2D eigenvalue weighted by Gasteiger charge is 2.14. The molecule has 0 aliphatic rings. The number of nitrogens with zero attached hydrogens (tertiary/aromatic N) is 1. The molecule has 2 rings (SSSR count). The Kier molecular flexibility index (Phi) is 4.95. The van der Waals surface area contributed by atoms with E-state index in [0.717, 1.165) is 0 Å². The van der Waals surface area contributed by atoms with Crippen LogP contribution < -0.4 is 10.1 Å². The second-order valence-corrected chi connectivity index (χ2v) is 4.93. The number of carbonyl (C=O) groups excluding carboxylic acids is 1. The lowest BCUT2D eigenvalue weighted by atomic mass is 10.1. The molecule has 0 fully saturated rings. The Labute approximate surface area is 131 Å². The number of ether oxygens (including phenoxy) is 1. The van der Waals surface area contributed by atoms with Crippen LogP contribution in [0.5, 0.6) is 5.75 Å². The molecule has 2 aromatic rings. The van der Waals surface area contributed by atoms with E-state index in [-0.39, 0.29) is 12.3 Å². The van der Waals surface area contributed by atoms with Crippen LogP contribution in [0.1, 0.15) is 5.56 Å². The normalized spacial score (nSPS) is 10.1. The van der Waals surface area contributed by atoms with E-state index in [9.17, 15) is 14.9 Å². The van der Waals surface area contributed by atoms with Gasteiger partial charge in [-0.2, -0.15) is 0 Å². The Morgan fingerprint density at radius 2 is 1.95 bits per heavy atom. The van der Waals surface area contributed by atoms with E-state index >= 15 is 0 Å². The van der Waals surface area contributed by atoms with E-state index in [1.807, 2.05) is 0 Å². The monoisotopic (exact) mass is 320 g/mol. The Hall–Kier alpha value is -2.60. The lowest BCUT2D eigenvalue weighted by Crippen LogP contribution is -2.20. The predicted molar refractivity (Wildman–Crippen MR) is 83.4 cm³/mol. The van der Waals surface area contributed by atoms with Crippen molar-refractivity contribution in [1.82, 2.24) is 0 Å². The summed E-state index contributed by atoms with van der Waals surface area (Å²) in [5.74, 6) is 0.105. The summed E-state index contributed by atoms with van der Waals surface area (Å²) in [6.07, 6.45) is 0. The maximum absolute atomic E-state index is 11.9. The van der Waals surface area contributed by atoms with Gasteiger partial charge in [0.1, 0.15) is 5.75 Å². The molecule has 0 heterocycles. The van der Waals surface area contributed by atoms with E-state index < -0.39 is 10.8 Å². The van der Waals surface area contributed by atoms with Crippen LogP contribution in [0.3, 0.4) is 0 Å². The molecule has 1 N–H and O–H groups in total. The number of benzene rings is 2. The van der Waals surface area contributed by atoms with Crippen LogP contribution in [-0.4, -0.2) is 17.4 Å². The first-order valence-corrected chi connectivity index (χ1v) is 6.77. The first kappa shape index (κ1) is 15.8. The Bertz CT molecular complexity index is 701. The minimum atomic E-state index is -0.491. The van der Waals surface area contributed by atoms with E-state index in [0.29, 0.717) is 22.0 Å². The average molecular weight is 321 g/mol. The maximum atomic E-state index is 11.9.